The summed E-state index contributed by atoms with van der Waals surface area (Å²) in [5, 5.41) is 3.00. The molecule has 3 N–H and O–H groups in total. The molecule has 0 aliphatic carbocycles. The molecule has 0 aliphatic heterocycles. The van der Waals surface area contributed by atoms with E-state index in [1.54, 1.807) is 6.33 Å². The first-order valence-electron chi connectivity index (χ1n) is 9.98. The number of amides is 1. The van der Waals surface area contributed by atoms with Crippen molar-refractivity contribution in [2.45, 2.75) is 45.2 Å². The highest BCUT2D eigenvalue weighted by molar-refractivity contribution is 5.81. The average Bonchev–Trinajstić information content (AvgIpc) is 3.14. The molecule has 0 saturated carbocycles. The van der Waals surface area contributed by atoms with E-state index >= 15 is 0 Å². The van der Waals surface area contributed by atoms with Gasteiger partial charge in [-0.25, -0.2) is 4.98 Å². The number of benzene rings is 2. The van der Waals surface area contributed by atoms with Gasteiger partial charge in [-0.15, -0.1) is 0 Å². The fourth-order valence-electron chi connectivity index (χ4n) is 3.26. The van der Waals surface area contributed by atoms with Gasteiger partial charge in [0.15, 0.2) is 0 Å². The van der Waals surface area contributed by atoms with Crippen LogP contribution in [0.5, 0.6) is 0 Å². The van der Waals surface area contributed by atoms with Crippen molar-refractivity contribution in [1.82, 2.24) is 14.9 Å². The molecule has 29 heavy (non-hydrogen) atoms. The van der Waals surface area contributed by atoms with E-state index in [0.717, 1.165) is 12.2 Å². The van der Waals surface area contributed by atoms with Gasteiger partial charge in [0, 0.05) is 31.1 Å². The second kappa shape index (κ2) is 9.05. The van der Waals surface area contributed by atoms with Gasteiger partial charge in [0.1, 0.15) is 0 Å². The molecule has 0 spiro atoms. The minimum Gasteiger partial charge on any atom is -0.354 e. The Labute approximate surface area is 173 Å². The first kappa shape index (κ1) is 20.8. The summed E-state index contributed by atoms with van der Waals surface area (Å²) in [4.78, 5) is 16.9. The maximum Gasteiger partial charge on any atom is 0.237 e. The number of nitrogens with two attached hydrogens (primary N) is 1. The minimum absolute atomic E-state index is 0.150. The van der Waals surface area contributed by atoms with Crippen molar-refractivity contribution in [3.8, 4) is 0 Å². The van der Waals surface area contributed by atoms with Crippen molar-refractivity contribution >= 4 is 5.91 Å². The molecule has 0 radical (unpaired) electrons. The second-order valence-electron chi connectivity index (χ2n) is 8.30. The molecule has 1 amide bonds. The highest BCUT2D eigenvalue weighted by Crippen LogP contribution is 2.22. The Balaban J connectivity index is 1.52. The van der Waals surface area contributed by atoms with Gasteiger partial charge in [-0.05, 0) is 18.1 Å². The van der Waals surface area contributed by atoms with Crippen molar-refractivity contribution in [1.29, 1.82) is 0 Å². The fraction of sp³-hybridized carbons (Fsp3) is 0.333. The molecule has 3 rings (SSSR count). The van der Waals surface area contributed by atoms with Crippen molar-refractivity contribution in [2.75, 3.05) is 6.54 Å². The van der Waals surface area contributed by atoms with Crippen LogP contribution < -0.4 is 11.1 Å². The summed E-state index contributed by atoms with van der Waals surface area (Å²) in [7, 11) is 0. The Morgan fingerprint density at radius 3 is 2.52 bits per heavy atom. The molecular weight excluding hydrogens is 360 g/mol. The number of nitrogens with zero attached hydrogens (tertiary/aromatic N) is 2. The summed E-state index contributed by atoms with van der Waals surface area (Å²) in [6.45, 7) is 7.59. The maximum atomic E-state index is 12.5. The third-order valence-corrected chi connectivity index (χ3v) is 5.20. The number of carbonyl (C=O) groups excluding carboxylic acids is 1. The summed E-state index contributed by atoms with van der Waals surface area (Å²) in [5.74, 6) is -0.150. The molecule has 0 saturated heterocycles. The molecule has 1 heterocycles. The number of nitrogens with one attached hydrogen (secondary N) is 1. The Bertz CT molecular complexity index is 929. The van der Waals surface area contributed by atoms with Gasteiger partial charge in [0.05, 0.1) is 18.1 Å². The average molecular weight is 391 g/mol. The van der Waals surface area contributed by atoms with Crippen LogP contribution in [0.3, 0.4) is 0 Å². The number of hydrogen-bond donors (Lipinski definition) is 2. The Hall–Kier alpha value is -2.92. The van der Waals surface area contributed by atoms with Gasteiger partial charge in [0.25, 0.3) is 0 Å². The van der Waals surface area contributed by atoms with E-state index < -0.39 is 6.04 Å². The largest absolute Gasteiger partial charge is 0.354 e. The van der Waals surface area contributed by atoms with Crippen LogP contribution in [-0.2, 0) is 23.2 Å². The number of aromatic nitrogens is 2. The van der Waals surface area contributed by atoms with E-state index in [2.05, 4.69) is 67.5 Å². The van der Waals surface area contributed by atoms with Gasteiger partial charge in [0.2, 0.25) is 5.91 Å². The Morgan fingerprint density at radius 1 is 1.14 bits per heavy atom. The molecule has 1 aromatic heterocycles. The van der Waals surface area contributed by atoms with Gasteiger partial charge in [-0.1, -0.05) is 74.0 Å². The van der Waals surface area contributed by atoms with Crippen molar-refractivity contribution in [2.24, 2.45) is 5.73 Å². The zero-order valence-electron chi connectivity index (χ0n) is 17.4. The van der Waals surface area contributed by atoms with Gasteiger partial charge < -0.3 is 15.6 Å². The van der Waals surface area contributed by atoms with E-state index in [-0.39, 0.29) is 11.3 Å². The SMILES string of the molecule is Cc1ccc(C(C)(C)CNC(=O)[C@@H](N)Cc2cn(Cc3ccccc3)cn2)cc1. The van der Waals surface area contributed by atoms with Crippen LogP contribution in [0.25, 0.3) is 0 Å². The molecule has 0 aliphatic rings. The maximum absolute atomic E-state index is 12.5. The first-order chi connectivity index (χ1) is 13.8. The molecule has 3 aromatic rings. The zero-order chi connectivity index (χ0) is 20.9. The molecular formula is C24H30N4O. The Kier molecular flexibility index (Phi) is 6.49. The van der Waals surface area contributed by atoms with Crippen LogP contribution in [0.15, 0.2) is 67.1 Å². The summed E-state index contributed by atoms with van der Waals surface area (Å²) in [6.07, 6.45) is 4.16. The molecule has 5 heteroatoms. The summed E-state index contributed by atoms with van der Waals surface area (Å²) in [5.41, 5.74) is 10.4. The number of hydrogen-bond acceptors (Lipinski definition) is 3. The third kappa shape index (κ3) is 5.78. The lowest BCUT2D eigenvalue weighted by Gasteiger charge is -2.26. The number of carbonyl (C=O) groups is 1. The lowest BCUT2D eigenvalue weighted by Crippen LogP contribution is -2.46. The van der Waals surface area contributed by atoms with E-state index in [1.807, 2.05) is 29.0 Å². The fourth-order valence-corrected chi connectivity index (χ4v) is 3.26. The standard InChI is InChI=1S/C24H30N4O/c1-18-9-11-20(12-10-18)24(2,3)16-26-23(29)22(25)13-21-15-28(17-27-21)14-19-7-5-4-6-8-19/h4-12,15,17,22H,13-14,16,25H2,1-3H3,(H,26,29)/t22-/m0/s1. The number of imidazole rings is 1. The van der Waals surface area contributed by atoms with Crippen molar-refractivity contribution in [3.63, 3.8) is 0 Å². The van der Waals surface area contributed by atoms with E-state index in [4.69, 9.17) is 5.73 Å². The predicted molar refractivity (Wildman–Crippen MR) is 117 cm³/mol. The van der Waals surface area contributed by atoms with E-state index in [0.29, 0.717) is 13.0 Å². The third-order valence-electron chi connectivity index (χ3n) is 5.20. The van der Waals surface area contributed by atoms with Crippen LogP contribution >= 0.6 is 0 Å². The van der Waals surface area contributed by atoms with Crippen molar-refractivity contribution < 1.29 is 4.79 Å². The molecule has 0 fully saturated rings. The van der Waals surface area contributed by atoms with E-state index in [1.165, 1.54) is 16.7 Å². The topological polar surface area (TPSA) is 72.9 Å². The van der Waals surface area contributed by atoms with E-state index in [9.17, 15) is 4.79 Å². The monoisotopic (exact) mass is 390 g/mol. The van der Waals surface area contributed by atoms with Crippen LogP contribution in [-0.4, -0.2) is 28.0 Å². The van der Waals surface area contributed by atoms with Gasteiger partial charge >= 0.3 is 0 Å². The minimum atomic E-state index is -0.621. The van der Waals surface area contributed by atoms with Crippen LogP contribution in [0.1, 0.15) is 36.2 Å². The van der Waals surface area contributed by atoms with Crippen molar-refractivity contribution in [3.05, 3.63) is 89.5 Å². The predicted octanol–water partition coefficient (Wildman–Crippen LogP) is 3.20. The molecule has 2 aromatic carbocycles. The quantitative estimate of drug-likeness (QED) is 0.620. The van der Waals surface area contributed by atoms with Crippen LogP contribution in [0, 0.1) is 6.92 Å². The van der Waals surface area contributed by atoms with Crippen LogP contribution in [0.4, 0.5) is 0 Å². The summed E-state index contributed by atoms with van der Waals surface area (Å²) < 4.78 is 2.01. The molecule has 1 atom stereocenters. The zero-order valence-corrected chi connectivity index (χ0v) is 17.4. The summed E-state index contributed by atoms with van der Waals surface area (Å²) >= 11 is 0. The number of aryl methyl sites for hydroxylation is 1. The summed E-state index contributed by atoms with van der Waals surface area (Å²) in [6, 6.07) is 18.0. The molecule has 0 bridgehead atoms. The normalized spacial score (nSPS) is 12.6. The lowest BCUT2D eigenvalue weighted by molar-refractivity contribution is -0.122. The van der Waals surface area contributed by atoms with Gasteiger partial charge in [-0.3, -0.25) is 4.79 Å². The Morgan fingerprint density at radius 2 is 1.83 bits per heavy atom. The highest BCUT2D eigenvalue weighted by atomic mass is 16.2. The smallest absolute Gasteiger partial charge is 0.237 e. The lowest BCUT2D eigenvalue weighted by atomic mass is 9.84. The first-order valence-corrected chi connectivity index (χ1v) is 9.98. The molecule has 0 unspecified atom stereocenters. The molecule has 152 valence electrons. The number of rotatable bonds is 8. The van der Waals surface area contributed by atoms with Gasteiger partial charge in [-0.2, -0.15) is 0 Å². The highest BCUT2D eigenvalue weighted by Gasteiger charge is 2.23. The second-order valence-corrected chi connectivity index (χ2v) is 8.30. The van der Waals surface area contributed by atoms with Crippen LogP contribution in [0.2, 0.25) is 0 Å². The molecule has 5 nitrogen and oxygen atoms in total.